The van der Waals surface area contributed by atoms with Gasteiger partial charge in [-0.25, -0.2) is 22.9 Å². The summed E-state index contributed by atoms with van der Waals surface area (Å²) in [5.74, 6) is -5.03. The average Bonchev–Trinajstić information content (AvgIpc) is 2.29. The van der Waals surface area contributed by atoms with Gasteiger partial charge in [-0.1, -0.05) is 0 Å². The summed E-state index contributed by atoms with van der Waals surface area (Å²) in [6.07, 6.45) is 1.02. The second kappa shape index (κ2) is 4.60. The van der Waals surface area contributed by atoms with Crippen molar-refractivity contribution >= 4 is 11.8 Å². The van der Waals surface area contributed by atoms with E-state index in [2.05, 4.69) is 4.98 Å². The maximum Gasteiger partial charge on any atom is 0.339 e. The molecule has 0 radical (unpaired) electrons. The molecule has 0 unspecified atom stereocenters. The summed E-state index contributed by atoms with van der Waals surface area (Å²) in [6, 6.07) is 1.97. The number of rotatable bonds is 2. The first kappa shape index (κ1) is 12.9. The Kier molecular flexibility index (Phi) is 3.12. The van der Waals surface area contributed by atoms with Crippen molar-refractivity contribution in [2.24, 2.45) is 0 Å². The molecule has 1 aromatic heterocycles. The monoisotopic (exact) mass is 268 g/mol. The zero-order valence-electron chi connectivity index (χ0n) is 9.32. The Morgan fingerprint density at radius 3 is 2.26 bits per heavy atom. The molecule has 2 aromatic rings. The Bertz CT molecular complexity index is 651. The van der Waals surface area contributed by atoms with Gasteiger partial charge in [-0.05, 0) is 6.07 Å². The number of carboxylic acid groups (broad SMARTS) is 1. The van der Waals surface area contributed by atoms with Gasteiger partial charge in [-0.2, -0.15) is 0 Å². The van der Waals surface area contributed by atoms with Crippen LogP contribution >= 0.6 is 0 Å². The third-order valence-corrected chi connectivity index (χ3v) is 2.44. The summed E-state index contributed by atoms with van der Waals surface area (Å²) in [5, 5.41) is 8.85. The Morgan fingerprint density at radius 2 is 1.74 bits per heavy atom. The fourth-order valence-corrected chi connectivity index (χ4v) is 1.60. The van der Waals surface area contributed by atoms with Crippen molar-refractivity contribution in [3.05, 3.63) is 47.4 Å². The van der Waals surface area contributed by atoms with Gasteiger partial charge in [0.15, 0.2) is 0 Å². The molecule has 0 bridgehead atoms. The van der Waals surface area contributed by atoms with Crippen LogP contribution in [0.5, 0.6) is 0 Å². The van der Waals surface area contributed by atoms with Crippen LogP contribution < -0.4 is 5.73 Å². The minimum absolute atomic E-state index is 0.137. The number of nitrogen functional groups attached to an aromatic ring is 1. The smallest absolute Gasteiger partial charge is 0.339 e. The van der Waals surface area contributed by atoms with Gasteiger partial charge < -0.3 is 10.8 Å². The van der Waals surface area contributed by atoms with Crippen molar-refractivity contribution in [1.29, 1.82) is 0 Å². The number of carboxylic acids is 1. The van der Waals surface area contributed by atoms with Crippen LogP contribution in [0, 0.1) is 17.5 Å². The molecule has 2 rings (SSSR count). The molecule has 3 N–H and O–H groups in total. The van der Waals surface area contributed by atoms with Gasteiger partial charge in [0.05, 0.1) is 5.56 Å². The molecule has 0 atom stereocenters. The van der Waals surface area contributed by atoms with Crippen LogP contribution in [-0.2, 0) is 0 Å². The number of pyridine rings is 1. The minimum atomic E-state index is -1.38. The predicted molar refractivity (Wildman–Crippen MR) is 60.9 cm³/mol. The van der Waals surface area contributed by atoms with Crippen LogP contribution in [0.1, 0.15) is 10.4 Å². The zero-order chi connectivity index (χ0) is 14.2. The topological polar surface area (TPSA) is 76.2 Å². The molecule has 7 heteroatoms. The number of hydrogen-bond donors (Lipinski definition) is 2. The Balaban J connectivity index is 2.66. The van der Waals surface area contributed by atoms with Crippen molar-refractivity contribution in [2.75, 3.05) is 5.73 Å². The standard InChI is InChI=1S/C12H7F3N2O2/c13-6-2-8(14)10(9(15)3-6)5-1-7(12(18)19)11(16)17-4-5/h1-4H,(H2,16,17)(H,18,19). The van der Waals surface area contributed by atoms with E-state index in [1.165, 1.54) is 0 Å². The molecule has 0 aliphatic rings. The molecule has 0 aliphatic carbocycles. The van der Waals surface area contributed by atoms with Crippen LogP contribution in [0.2, 0.25) is 0 Å². The Morgan fingerprint density at radius 1 is 1.16 bits per heavy atom. The third-order valence-electron chi connectivity index (χ3n) is 2.44. The largest absolute Gasteiger partial charge is 0.478 e. The van der Waals surface area contributed by atoms with E-state index in [1.807, 2.05) is 0 Å². The van der Waals surface area contributed by atoms with Gasteiger partial charge >= 0.3 is 5.97 Å². The van der Waals surface area contributed by atoms with E-state index in [1.54, 1.807) is 0 Å². The summed E-state index contributed by atoms with van der Waals surface area (Å²) in [5.41, 5.74) is 4.24. The van der Waals surface area contributed by atoms with Gasteiger partial charge in [-0.15, -0.1) is 0 Å². The molecule has 0 saturated heterocycles. The Hall–Kier alpha value is -2.57. The first-order valence-electron chi connectivity index (χ1n) is 5.04. The number of aromatic carboxylic acids is 1. The normalized spacial score (nSPS) is 10.5. The van der Waals surface area contributed by atoms with Gasteiger partial charge in [0.2, 0.25) is 0 Å². The number of nitrogens with two attached hydrogens (primary N) is 1. The van der Waals surface area contributed by atoms with Crippen molar-refractivity contribution in [3.63, 3.8) is 0 Å². The summed E-state index contributed by atoms with van der Waals surface area (Å²) in [4.78, 5) is 14.4. The number of anilines is 1. The second-order valence-electron chi connectivity index (χ2n) is 3.71. The number of carbonyl (C=O) groups is 1. The van der Waals surface area contributed by atoms with E-state index in [4.69, 9.17) is 10.8 Å². The quantitative estimate of drug-likeness (QED) is 0.877. The summed E-state index contributed by atoms with van der Waals surface area (Å²) in [6.45, 7) is 0. The highest BCUT2D eigenvalue weighted by atomic mass is 19.1. The highest BCUT2D eigenvalue weighted by Gasteiger charge is 2.17. The lowest BCUT2D eigenvalue weighted by molar-refractivity contribution is 0.0697. The molecule has 0 saturated carbocycles. The van der Waals surface area contributed by atoms with E-state index in [0.29, 0.717) is 12.1 Å². The van der Waals surface area contributed by atoms with E-state index in [9.17, 15) is 18.0 Å². The molecule has 19 heavy (non-hydrogen) atoms. The second-order valence-corrected chi connectivity index (χ2v) is 3.71. The fraction of sp³-hybridized carbons (Fsp3) is 0. The van der Waals surface area contributed by atoms with E-state index in [0.717, 1.165) is 12.3 Å². The lowest BCUT2D eigenvalue weighted by atomic mass is 10.0. The molecular formula is C12H7F3N2O2. The van der Waals surface area contributed by atoms with E-state index < -0.39 is 29.0 Å². The fourth-order valence-electron chi connectivity index (χ4n) is 1.60. The summed E-state index contributed by atoms with van der Waals surface area (Å²) >= 11 is 0. The summed E-state index contributed by atoms with van der Waals surface area (Å²) in [7, 11) is 0. The van der Waals surface area contributed by atoms with Crippen LogP contribution in [-0.4, -0.2) is 16.1 Å². The van der Waals surface area contributed by atoms with Crippen LogP contribution in [0.4, 0.5) is 19.0 Å². The van der Waals surface area contributed by atoms with E-state index >= 15 is 0 Å². The van der Waals surface area contributed by atoms with E-state index in [-0.39, 0.29) is 16.9 Å². The number of benzene rings is 1. The number of nitrogens with zero attached hydrogens (tertiary/aromatic N) is 1. The number of halogens is 3. The molecule has 1 heterocycles. The van der Waals surface area contributed by atoms with Crippen molar-refractivity contribution in [1.82, 2.24) is 4.98 Å². The summed E-state index contributed by atoms with van der Waals surface area (Å²) < 4.78 is 39.9. The van der Waals surface area contributed by atoms with Crippen molar-refractivity contribution in [3.8, 4) is 11.1 Å². The van der Waals surface area contributed by atoms with Gasteiger partial charge in [0.25, 0.3) is 0 Å². The lowest BCUT2D eigenvalue weighted by Crippen LogP contribution is -2.05. The maximum absolute atomic E-state index is 13.5. The SMILES string of the molecule is Nc1ncc(-c2c(F)cc(F)cc2F)cc1C(=O)O. The molecule has 4 nitrogen and oxygen atoms in total. The number of aromatic nitrogens is 1. The molecule has 0 fully saturated rings. The first-order chi connectivity index (χ1) is 8.90. The van der Waals surface area contributed by atoms with Gasteiger partial charge in [0.1, 0.15) is 28.8 Å². The number of hydrogen-bond acceptors (Lipinski definition) is 3. The molecule has 0 spiro atoms. The minimum Gasteiger partial charge on any atom is -0.478 e. The van der Waals surface area contributed by atoms with Crippen LogP contribution in [0.3, 0.4) is 0 Å². The lowest BCUT2D eigenvalue weighted by Gasteiger charge is -2.07. The molecule has 1 aromatic carbocycles. The highest BCUT2D eigenvalue weighted by Crippen LogP contribution is 2.28. The van der Waals surface area contributed by atoms with Crippen LogP contribution in [0.25, 0.3) is 11.1 Å². The van der Waals surface area contributed by atoms with Gasteiger partial charge in [-0.3, -0.25) is 0 Å². The van der Waals surface area contributed by atoms with Gasteiger partial charge in [0, 0.05) is 23.9 Å². The zero-order valence-corrected chi connectivity index (χ0v) is 9.32. The first-order valence-corrected chi connectivity index (χ1v) is 5.04. The van der Waals surface area contributed by atoms with Crippen molar-refractivity contribution in [2.45, 2.75) is 0 Å². The maximum atomic E-state index is 13.5. The molecule has 0 aliphatic heterocycles. The average molecular weight is 268 g/mol. The highest BCUT2D eigenvalue weighted by molar-refractivity contribution is 5.94. The van der Waals surface area contributed by atoms with Crippen molar-refractivity contribution < 1.29 is 23.1 Å². The molecular weight excluding hydrogens is 261 g/mol. The predicted octanol–water partition coefficient (Wildman–Crippen LogP) is 2.45. The molecule has 98 valence electrons. The van der Waals surface area contributed by atoms with Crippen LogP contribution in [0.15, 0.2) is 24.4 Å². The Labute approximate surface area is 105 Å². The third kappa shape index (κ3) is 2.35. The molecule has 0 amide bonds.